The van der Waals surface area contributed by atoms with Crippen molar-refractivity contribution in [1.29, 1.82) is 0 Å². The van der Waals surface area contributed by atoms with E-state index in [1.54, 1.807) is 4.90 Å². The number of hydrogen-bond acceptors (Lipinski definition) is 3. The Morgan fingerprint density at radius 2 is 2.21 bits per heavy atom. The zero-order chi connectivity index (χ0) is 14.0. The van der Waals surface area contributed by atoms with Crippen molar-refractivity contribution in [1.82, 2.24) is 20.1 Å². The average Bonchev–Trinajstić information content (AvgIpc) is 2.86. The normalized spacial score (nSPS) is 16.4. The molecule has 0 atom stereocenters. The van der Waals surface area contributed by atoms with Gasteiger partial charge in [-0.05, 0) is 11.8 Å². The van der Waals surface area contributed by atoms with Crippen LogP contribution in [0.15, 0.2) is 11.6 Å². The molecule has 1 aromatic heterocycles. The van der Waals surface area contributed by atoms with E-state index < -0.39 is 0 Å². The lowest BCUT2D eigenvalue weighted by molar-refractivity contribution is 0.0753. The number of carbonyl (C=O) groups is 1. The summed E-state index contributed by atoms with van der Waals surface area (Å²) in [4.78, 5) is 18.2. The van der Waals surface area contributed by atoms with Crippen LogP contribution in [0, 0.1) is 5.41 Å². The van der Waals surface area contributed by atoms with E-state index in [0.29, 0.717) is 6.54 Å². The maximum Gasteiger partial charge on any atom is 0.293 e. The summed E-state index contributed by atoms with van der Waals surface area (Å²) in [7, 11) is 0. The maximum absolute atomic E-state index is 12.2. The second-order valence-electron chi connectivity index (χ2n) is 5.94. The van der Waals surface area contributed by atoms with Crippen LogP contribution >= 0.6 is 0 Å². The average molecular weight is 262 g/mol. The molecular weight excluding hydrogens is 240 g/mol. The van der Waals surface area contributed by atoms with Gasteiger partial charge >= 0.3 is 0 Å². The van der Waals surface area contributed by atoms with E-state index >= 15 is 0 Å². The van der Waals surface area contributed by atoms with Crippen molar-refractivity contribution in [3.05, 3.63) is 23.3 Å². The van der Waals surface area contributed by atoms with Crippen molar-refractivity contribution >= 4 is 5.91 Å². The standard InChI is InChI=1S/C14H22N4O/c1-5-11-15-12(17-16-11)13(19)18-8-6-10(7-9-18)14(2,3)4/h6H,5,7-9H2,1-4H3,(H,15,16,17). The third-order valence-corrected chi connectivity index (χ3v) is 3.52. The Kier molecular flexibility index (Phi) is 3.73. The van der Waals surface area contributed by atoms with Gasteiger partial charge in [-0.2, -0.15) is 0 Å². The van der Waals surface area contributed by atoms with E-state index in [-0.39, 0.29) is 17.1 Å². The molecule has 0 saturated carbocycles. The Labute approximate surface area is 114 Å². The van der Waals surface area contributed by atoms with E-state index in [4.69, 9.17) is 0 Å². The number of hydrogen-bond donors (Lipinski definition) is 1. The number of nitrogens with one attached hydrogen (secondary N) is 1. The Hall–Kier alpha value is -1.65. The lowest BCUT2D eigenvalue weighted by atomic mass is 9.83. The Bertz CT molecular complexity index is 496. The van der Waals surface area contributed by atoms with Crippen molar-refractivity contribution in [2.75, 3.05) is 13.1 Å². The molecule has 0 saturated heterocycles. The summed E-state index contributed by atoms with van der Waals surface area (Å²) < 4.78 is 0. The zero-order valence-corrected chi connectivity index (χ0v) is 12.2. The third-order valence-electron chi connectivity index (χ3n) is 3.52. The highest BCUT2D eigenvalue weighted by atomic mass is 16.2. The van der Waals surface area contributed by atoms with Gasteiger partial charge in [0.15, 0.2) is 0 Å². The van der Waals surface area contributed by atoms with Gasteiger partial charge in [-0.15, -0.1) is 5.10 Å². The minimum absolute atomic E-state index is 0.0832. The number of amides is 1. The molecular formula is C14H22N4O. The number of nitrogens with zero attached hydrogens (tertiary/aromatic N) is 3. The van der Waals surface area contributed by atoms with Crippen LogP contribution in [0.3, 0.4) is 0 Å². The van der Waals surface area contributed by atoms with Crippen molar-refractivity contribution in [3.63, 3.8) is 0 Å². The first-order valence-electron chi connectivity index (χ1n) is 6.82. The van der Waals surface area contributed by atoms with Crippen LogP contribution < -0.4 is 0 Å². The van der Waals surface area contributed by atoms with Crippen molar-refractivity contribution < 1.29 is 4.79 Å². The predicted octanol–water partition coefficient (Wildman–Crippen LogP) is 2.19. The molecule has 1 aliphatic rings. The second kappa shape index (κ2) is 5.15. The molecule has 5 nitrogen and oxygen atoms in total. The van der Waals surface area contributed by atoms with Crippen molar-refractivity contribution in [2.24, 2.45) is 5.41 Å². The quantitative estimate of drug-likeness (QED) is 0.831. The van der Waals surface area contributed by atoms with Gasteiger partial charge in [-0.25, -0.2) is 4.98 Å². The minimum Gasteiger partial charge on any atom is -0.332 e. The molecule has 1 N–H and O–H groups in total. The summed E-state index contributed by atoms with van der Waals surface area (Å²) >= 11 is 0. The van der Waals surface area contributed by atoms with Gasteiger partial charge in [-0.1, -0.05) is 39.3 Å². The molecule has 2 heterocycles. The molecule has 0 unspecified atom stereocenters. The van der Waals surface area contributed by atoms with Gasteiger partial charge in [0.05, 0.1) is 0 Å². The molecule has 1 amide bonds. The highest BCUT2D eigenvalue weighted by Gasteiger charge is 2.25. The molecule has 5 heteroatoms. The highest BCUT2D eigenvalue weighted by molar-refractivity contribution is 5.90. The van der Waals surface area contributed by atoms with Crippen molar-refractivity contribution in [2.45, 2.75) is 40.5 Å². The molecule has 0 spiro atoms. The number of aryl methyl sites for hydroxylation is 1. The van der Waals surface area contributed by atoms with Crippen LogP contribution in [0.2, 0.25) is 0 Å². The predicted molar refractivity (Wildman–Crippen MR) is 73.8 cm³/mol. The molecule has 1 aliphatic heterocycles. The van der Waals surface area contributed by atoms with Crippen LogP contribution in [0.4, 0.5) is 0 Å². The number of carbonyl (C=O) groups excluding carboxylic acids is 1. The summed E-state index contributed by atoms with van der Waals surface area (Å²) in [6, 6.07) is 0. The van der Waals surface area contributed by atoms with Crippen LogP contribution in [-0.4, -0.2) is 39.1 Å². The third kappa shape index (κ3) is 3.03. The molecule has 0 fully saturated rings. The molecule has 104 valence electrons. The molecule has 2 rings (SSSR count). The number of aromatic nitrogens is 3. The van der Waals surface area contributed by atoms with E-state index in [1.165, 1.54) is 5.57 Å². The zero-order valence-electron chi connectivity index (χ0n) is 12.2. The van der Waals surface area contributed by atoms with Crippen LogP contribution in [0.25, 0.3) is 0 Å². The summed E-state index contributed by atoms with van der Waals surface area (Å²) in [6.07, 6.45) is 3.85. The van der Waals surface area contributed by atoms with E-state index in [2.05, 4.69) is 42.0 Å². The van der Waals surface area contributed by atoms with Gasteiger partial charge in [0.25, 0.3) is 5.91 Å². The topological polar surface area (TPSA) is 61.9 Å². The van der Waals surface area contributed by atoms with E-state index in [9.17, 15) is 4.79 Å². The van der Waals surface area contributed by atoms with Crippen LogP contribution in [0.5, 0.6) is 0 Å². The van der Waals surface area contributed by atoms with Gasteiger partial charge in [0.2, 0.25) is 5.82 Å². The van der Waals surface area contributed by atoms with Crippen LogP contribution in [-0.2, 0) is 6.42 Å². The fourth-order valence-electron chi connectivity index (χ4n) is 2.23. The molecule has 0 bridgehead atoms. The van der Waals surface area contributed by atoms with E-state index in [1.807, 2.05) is 6.92 Å². The van der Waals surface area contributed by atoms with Gasteiger partial charge < -0.3 is 4.90 Å². The SMILES string of the molecule is CCc1nc(C(=O)N2CC=C(C(C)(C)C)CC2)n[nH]1. The van der Waals surface area contributed by atoms with Crippen LogP contribution in [0.1, 0.15) is 50.6 Å². The second-order valence-corrected chi connectivity index (χ2v) is 5.94. The number of aromatic amines is 1. The Morgan fingerprint density at radius 1 is 1.47 bits per heavy atom. The van der Waals surface area contributed by atoms with E-state index in [0.717, 1.165) is 25.2 Å². The monoisotopic (exact) mass is 262 g/mol. The first kappa shape index (κ1) is 13.8. The summed E-state index contributed by atoms with van der Waals surface area (Å²) in [6.45, 7) is 10.0. The van der Waals surface area contributed by atoms with Gasteiger partial charge in [-0.3, -0.25) is 9.89 Å². The Balaban J connectivity index is 2.05. The summed E-state index contributed by atoms with van der Waals surface area (Å²) in [5.41, 5.74) is 1.61. The first-order chi connectivity index (χ1) is 8.91. The van der Waals surface area contributed by atoms with Gasteiger partial charge in [0, 0.05) is 19.5 Å². The van der Waals surface area contributed by atoms with Crippen molar-refractivity contribution in [3.8, 4) is 0 Å². The fourth-order valence-corrected chi connectivity index (χ4v) is 2.23. The molecule has 0 radical (unpaired) electrons. The smallest absolute Gasteiger partial charge is 0.293 e. The minimum atomic E-state index is -0.0832. The highest BCUT2D eigenvalue weighted by Crippen LogP contribution is 2.30. The summed E-state index contributed by atoms with van der Waals surface area (Å²) in [5, 5.41) is 6.77. The maximum atomic E-state index is 12.2. The first-order valence-corrected chi connectivity index (χ1v) is 6.82. The molecule has 1 aromatic rings. The lowest BCUT2D eigenvalue weighted by Gasteiger charge is -2.31. The summed E-state index contributed by atoms with van der Waals surface area (Å²) in [5.74, 6) is 0.955. The fraction of sp³-hybridized carbons (Fsp3) is 0.643. The molecule has 0 aliphatic carbocycles. The lowest BCUT2D eigenvalue weighted by Crippen LogP contribution is -2.37. The Morgan fingerprint density at radius 3 is 2.68 bits per heavy atom. The molecule has 19 heavy (non-hydrogen) atoms. The van der Waals surface area contributed by atoms with Gasteiger partial charge in [0.1, 0.15) is 5.82 Å². The number of H-pyrrole nitrogens is 1. The largest absolute Gasteiger partial charge is 0.332 e. The number of rotatable bonds is 2. The molecule has 0 aromatic carbocycles.